The summed E-state index contributed by atoms with van der Waals surface area (Å²) >= 11 is 0. The lowest BCUT2D eigenvalue weighted by Crippen LogP contribution is -2.00. The third kappa shape index (κ3) is 3.27. The van der Waals surface area contributed by atoms with Crippen LogP contribution in [-0.4, -0.2) is 6.47 Å². The molecule has 2 N–H and O–H groups in total. The van der Waals surface area contributed by atoms with Crippen molar-refractivity contribution in [3.8, 4) is 17.6 Å². The summed E-state index contributed by atoms with van der Waals surface area (Å²) in [5, 5.41) is 8.93. The van der Waals surface area contributed by atoms with Gasteiger partial charge in [0.25, 0.3) is 6.47 Å². The summed E-state index contributed by atoms with van der Waals surface area (Å²) < 4.78 is 10.3. The largest absolute Gasteiger partial charge is 0.457 e. The minimum atomic E-state index is -0.942. The molecule has 0 saturated heterocycles. The fourth-order valence-electron chi connectivity index (χ4n) is 1.65. The van der Waals surface area contributed by atoms with E-state index < -0.39 is 6.10 Å². The minimum Gasteiger partial charge on any atom is -0.457 e. The van der Waals surface area contributed by atoms with Crippen LogP contribution in [-0.2, 0) is 9.53 Å². The summed E-state index contributed by atoms with van der Waals surface area (Å²) in [4.78, 5) is 10.3. The van der Waals surface area contributed by atoms with Crippen LogP contribution in [0.5, 0.6) is 11.5 Å². The molecule has 0 aliphatic rings. The van der Waals surface area contributed by atoms with Crippen molar-refractivity contribution in [2.45, 2.75) is 6.10 Å². The standard InChI is InChI=1S/C15H12N2O3/c16-9-15(19-10-18)11-2-1-3-14(8-11)20-13-6-4-12(17)5-7-13/h1-8,10,15H,17H2. The van der Waals surface area contributed by atoms with Gasteiger partial charge >= 0.3 is 0 Å². The van der Waals surface area contributed by atoms with Gasteiger partial charge in [-0.2, -0.15) is 5.26 Å². The molecule has 0 spiro atoms. The Morgan fingerprint density at radius 3 is 2.55 bits per heavy atom. The predicted octanol–water partition coefficient (Wildman–Crippen LogP) is 2.80. The monoisotopic (exact) mass is 268 g/mol. The van der Waals surface area contributed by atoms with Crippen molar-refractivity contribution in [1.82, 2.24) is 0 Å². The molecular weight excluding hydrogens is 256 g/mol. The summed E-state index contributed by atoms with van der Waals surface area (Å²) in [6.07, 6.45) is -0.942. The maximum absolute atomic E-state index is 10.3. The van der Waals surface area contributed by atoms with Gasteiger partial charge in [0, 0.05) is 11.3 Å². The Bertz CT molecular complexity index is 632. The van der Waals surface area contributed by atoms with E-state index in [0.29, 0.717) is 22.7 Å². The second kappa shape index (κ2) is 6.25. The van der Waals surface area contributed by atoms with Gasteiger partial charge in [-0.1, -0.05) is 12.1 Å². The number of nitrogen functional groups attached to an aromatic ring is 1. The zero-order chi connectivity index (χ0) is 14.4. The number of nitrogens with two attached hydrogens (primary N) is 1. The molecule has 2 rings (SSSR count). The highest BCUT2D eigenvalue weighted by atomic mass is 16.5. The lowest BCUT2D eigenvalue weighted by Gasteiger charge is -2.10. The van der Waals surface area contributed by atoms with Gasteiger partial charge in [-0.25, -0.2) is 0 Å². The van der Waals surface area contributed by atoms with Gasteiger partial charge < -0.3 is 15.2 Å². The van der Waals surface area contributed by atoms with Crippen molar-refractivity contribution in [2.24, 2.45) is 0 Å². The lowest BCUT2D eigenvalue weighted by molar-refractivity contribution is -0.131. The Labute approximate surface area is 116 Å². The average molecular weight is 268 g/mol. The Kier molecular flexibility index (Phi) is 4.20. The van der Waals surface area contributed by atoms with Gasteiger partial charge in [0.15, 0.2) is 0 Å². The summed E-state index contributed by atoms with van der Waals surface area (Å²) in [5.74, 6) is 1.17. The fraction of sp³-hybridized carbons (Fsp3) is 0.0667. The van der Waals surface area contributed by atoms with Crippen molar-refractivity contribution >= 4 is 12.2 Å². The van der Waals surface area contributed by atoms with Crippen LogP contribution in [0.15, 0.2) is 48.5 Å². The molecule has 0 aromatic heterocycles. The Morgan fingerprint density at radius 1 is 1.15 bits per heavy atom. The van der Waals surface area contributed by atoms with Gasteiger partial charge in [0.1, 0.15) is 17.6 Å². The number of hydrogen-bond donors (Lipinski definition) is 1. The van der Waals surface area contributed by atoms with Crippen molar-refractivity contribution < 1.29 is 14.3 Å². The number of carbonyl (C=O) groups excluding carboxylic acids is 1. The number of benzene rings is 2. The number of hydrogen-bond acceptors (Lipinski definition) is 5. The van der Waals surface area contributed by atoms with E-state index in [2.05, 4.69) is 4.74 Å². The highest BCUT2D eigenvalue weighted by Gasteiger charge is 2.11. The molecule has 0 bridgehead atoms. The van der Waals surface area contributed by atoms with Crippen LogP contribution < -0.4 is 10.5 Å². The molecule has 0 amide bonds. The van der Waals surface area contributed by atoms with Crippen LogP contribution in [0, 0.1) is 11.3 Å². The maximum atomic E-state index is 10.3. The molecule has 0 aliphatic heterocycles. The van der Waals surface area contributed by atoms with Crippen molar-refractivity contribution in [3.63, 3.8) is 0 Å². The van der Waals surface area contributed by atoms with E-state index in [4.69, 9.17) is 15.7 Å². The molecule has 2 aromatic rings. The molecule has 100 valence electrons. The van der Waals surface area contributed by atoms with E-state index in [1.165, 1.54) is 0 Å². The van der Waals surface area contributed by atoms with Crippen molar-refractivity contribution in [3.05, 3.63) is 54.1 Å². The molecule has 5 heteroatoms. The molecule has 2 aromatic carbocycles. The molecule has 0 aliphatic carbocycles. The molecular formula is C15H12N2O3. The van der Waals surface area contributed by atoms with Crippen molar-refractivity contribution in [2.75, 3.05) is 5.73 Å². The van der Waals surface area contributed by atoms with Gasteiger partial charge in [-0.3, -0.25) is 4.79 Å². The highest BCUT2D eigenvalue weighted by Crippen LogP contribution is 2.26. The third-order valence-electron chi connectivity index (χ3n) is 2.59. The van der Waals surface area contributed by atoms with Crippen LogP contribution >= 0.6 is 0 Å². The lowest BCUT2D eigenvalue weighted by atomic mass is 10.1. The average Bonchev–Trinajstić information content (AvgIpc) is 2.47. The molecule has 0 saturated carbocycles. The molecule has 0 heterocycles. The smallest absolute Gasteiger partial charge is 0.294 e. The Morgan fingerprint density at radius 2 is 1.90 bits per heavy atom. The Hall–Kier alpha value is -3.00. The first-order valence-corrected chi connectivity index (χ1v) is 5.85. The molecule has 0 fully saturated rings. The van der Waals surface area contributed by atoms with Crippen LogP contribution in [0.1, 0.15) is 11.7 Å². The maximum Gasteiger partial charge on any atom is 0.294 e. The van der Waals surface area contributed by atoms with E-state index in [1.807, 2.05) is 6.07 Å². The van der Waals surface area contributed by atoms with E-state index in [-0.39, 0.29) is 6.47 Å². The molecule has 1 unspecified atom stereocenters. The van der Waals surface area contributed by atoms with Gasteiger partial charge in [-0.05, 0) is 36.4 Å². The first kappa shape index (κ1) is 13.4. The summed E-state index contributed by atoms with van der Waals surface area (Å²) in [6, 6.07) is 15.6. The number of carbonyl (C=O) groups is 1. The van der Waals surface area contributed by atoms with E-state index in [0.717, 1.165) is 0 Å². The molecule has 5 nitrogen and oxygen atoms in total. The van der Waals surface area contributed by atoms with E-state index >= 15 is 0 Å². The van der Waals surface area contributed by atoms with Gasteiger partial charge in [-0.15, -0.1) is 0 Å². The minimum absolute atomic E-state index is 0.251. The SMILES string of the molecule is N#CC(OC=O)c1cccc(Oc2ccc(N)cc2)c1. The zero-order valence-corrected chi connectivity index (χ0v) is 10.5. The van der Waals surface area contributed by atoms with Crippen LogP contribution in [0.2, 0.25) is 0 Å². The van der Waals surface area contributed by atoms with Gasteiger partial charge in [0.2, 0.25) is 6.10 Å². The first-order valence-electron chi connectivity index (χ1n) is 5.85. The van der Waals surface area contributed by atoms with Crippen molar-refractivity contribution in [1.29, 1.82) is 5.26 Å². The van der Waals surface area contributed by atoms with Gasteiger partial charge in [0.05, 0.1) is 0 Å². The second-order valence-electron chi connectivity index (χ2n) is 3.99. The van der Waals surface area contributed by atoms with Crippen LogP contribution in [0.3, 0.4) is 0 Å². The van der Waals surface area contributed by atoms with Crippen LogP contribution in [0.4, 0.5) is 5.69 Å². The number of nitrogens with zero attached hydrogens (tertiary/aromatic N) is 1. The fourth-order valence-corrected chi connectivity index (χ4v) is 1.65. The summed E-state index contributed by atoms with van der Waals surface area (Å²) in [6.45, 7) is 0.251. The highest BCUT2D eigenvalue weighted by molar-refractivity contribution is 5.44. The normalized spacial score (nSPS) is 11.2. The zero-order valence-electron chi connectivity index (χ0n) is 10.5. The number of rotatable bonds is 5. The predicted molar refractivity (Wildman–Crippen MR) is 72.9 cm³/mol. The molecule has 1 atom stereocenters. The molecule has 0 radical (unpaired) electrons. The number of anilines is 1. The van der Waals surface area contributed by atoms with E-state index in [9.17, 15) is 4.79 Å². The summed E-state index contributed by atoms with van der Waals surface area (Å²) in [5.41, 5.74) is 6.79. The Balaban J connectivity index is 2.19. The first-order chi connectivity index (χ1) is 9.72. The quantitative estimate of drug-likeness (QED) is 0.665. The topological polar surface area (TPSA) is 85.3 Å². The number of ether oxygens (including phenoxy) is 2. The summed E-state index contributed by atoms with van der Waals surface area (Å²) in [7, 11) is 0. The van der Waals surface area contributed by atoms with E-state index in [1.54, 1.807) is 48.5 Å². The number of nitriles is 1. The third-order valence-corrected chi connectivity index (χ3v) is 2.59. The second-order valence-corrected chi connectivity index (χ2v) is 3.99. The molecule has 20 heavy (non-hydrogen) atoms. The van der Waals surface area contributed by atoms with Crippen LogP contribution in [0.25, 0.3) is 0 Å².